The van der Waals surface area contributed by atoms with E-state index in [0.29, 0.717) is 39.1 Å². The molecule has 2 aliphatic rings. The molecular formula is C22H25N3O3. The fourth-order valence-corrected chi connectivity index (χ4v) is 3.42. The van der Waals surface area contributed by atoms with E-state index in [4.69, 9.17) is 4.74 Å². The van der Waals surface area contributed by atoms with Gasteiger partial charge in [-0.2, -0.15) is 0 Å². The van der Waals surface area contributed by atoms with Crippen LogP contribution in [0.3, 0.4) is 0 Å². The number of aryl methyl sites for hydroxylation is 1. The first kappa shape index (κ1) is 18.5. The monoisotopic (exact) mass is 379 g/mol. The molecule has 1 aliphatic carbocycles. The summed E-state index contributed by atoms with van der Waals surface area (Å²) in [5, 5.41) is 2.90. The van der Waals surface area contributed by atoms with Crippen molar-refractivity contribution >= 4 is 11.8 Å². The van der Waals surface area contributed by atoms with Crippen LogP contribution in [0.15, 0.2) is 42.6 Å². The molecule has 0 spiro atoms. The molecular weight excluding hydrogens is 354 g/mol. The number of pyridine rings is 1. The number of carbonyl (C=O) groups is 2. The van der Waals surface area contributed by atoms with Crippen LogP contribution in [0.2, 0.25) is 0 Å². The average Bonchev–Trinajstić information content (AvgIpc) is 3.57. The second kappa shape index (κ2) is 8.42. The molecule has 2 aromatic rings. The number of fused-ring (bicyclic) bond motifs is 1. The molecule has 0 unspecified atom stereocenters. The van der Waals surface area contributed by atoms with E-state index in [1.54, 1.807) is 6.20 Å². The number of hydrogen-bond acceptors (Lipinski definition) is 4. The lowest BCUT2D eigenvalue weighted by Gasteiger charge is -2.19. The van der Waals surface area contributed by atoms with Crippen molar-refractivity contribution in [3.63, 3.8) is 0 Å². The molecule has 2 amide bonds. The molecule has 1 aromatic heterocycles. The number of nitrogens with zero attached hydrogens (tertiary/aromatic N) is 2. The Balaban J connectivity index is 1.33. The van der Waals surface area contributed by atoms with Crippen LogP contribution in [0, 0.1) is 5.92 Å². The smallest absolute Gasteiger partial charge is 0.226 e. The first-order valence-electron chi connectivity index (χ1n) is 9.89. The summed E-state index contributed by atoms with van der Waals surface area (Å²) < 4.78 is 5.82. The van der Waals surface area contributed by atoms with Gasteiger partial charge in [0.15, 0.2) is 0 Å². The molecule has 1 saturated carbocycles. The zero-order valence-corrected chi connectivity index (χ0v) is 15.9. The summed E-state index contributed by atoms with van der Waals surface area (Å²) in [4.78, 5) is 30.7. The highest BCUT2D eigenvalue weighted by Gasteiger charge is 2.34. The molecule has 0 radical (unpaired) electrons. The minimum absolute atomic E-state index is 0.00221. The number of nitrogens with one attached hydrogen (secondary N) is 1. The van der Waals surface area contributed by atoms with Crippen molar-refractivity contribution in [1.82, 2.24) is 15.2 Å². The maximum absolute atomic E-state index is 12.4. The maximum atomic E-state index is 12.4. The SMILES string of the molecule is O=C(CCc1ccc2c(c1)CN(C(=O)C1CC1)CCO2)NCc1ccccn1. The van der Waals surface area contributed by atoms with Gasteiger partial charge < -0.3 is 15.0 Å². The minimum Gasteiger partial charge on any atom is -0.491 e. The van der Waals surface area contributed by atoms with Crippen LogP contribution in [-0.2, 0) is 29.1 Å². The van der Waals surface area contributed by atoms with Gasteiger partial charge in [0, 0.05) is 30.6 Å². The highest BCUT2D eigenvalue weighted by Crippen LogP contribution is 2.33. The van der Waals surface area contributed by atoms with Gasteiger partial charge in [-0.05, 0) is 43.0 Å². The zero-order valence-electron chi connectivity index (χ0n) is 15.9. The number of rotatable bonds is 6. The highest BCUT2D eigenvalue weighted by atomic mass is 16.5. The van der Waals surface area contributed by atoms with E-state index in [1.165, 1.54) is 0 Å². The van der Waals surface area contributed by atoms with E-state index in [-0.39, 0.29) is 17.7 Å². The van der Waals surface area contributed by atoms with Crippen molar-refractivity contribution in [2.75, 3.05) is 13.2 Å². The standard InChI is InChI=1S/C22H25N3O3/c26-21(24-14-19-3-1-2-10-23-19)9-5-16-4-8-20-18(13-16)15-25(11-12-28-20)22(27)17-6-7-17/h1-4,8,10,13,17H,5-7,9,11-12,14-15H2,(H,24,26). The third kappa shape index (κ3) is 4.68. The number of carbonyl (C=O) groups excluding carboxylic acids is 2. The van der Waals surface area contributed by atoms with Gasteiger partial charge in [0.05, 0.1) is 18.8 Å². The Morgan fingerprint density at radius 2 is 2.11 bits per heavy atom. The molecule has 0 atom stereocenters. The Morgan fingerprint density at radius 3 is 2.89 bits per heavy atom. The molecule has 1 aliphatic heterocycles. The summed E-state index contributed by atoms with van der Waals surface area (Å²) in [5.74, 6) is 1.31. The molecule has 2 heterocycles. The predicted octanol–water partition coefficient (Wildman–Crippen LogP) is 2.46. The third-order valence-electron chi connectivity index (χ3n) is 5.18. The van der Waals surface area contributed by atoms with Crippen LogP contribution in [0.4, 0.5) is 0 Å². The average molecular weight is 379 g/mol. The van der Waals surface area contributed by atoms with Crippen molar-refractivity contribution in [1.29, 1.82) is 0 Å². The summed E-state index contributed by atoms with van der Waals surface area (Å²) in [5.41, 5.74) is 2.95. The minimum atomic E-state index is 0.00221. The van der Waals surface area contributed by atoms with Gasteiger partial charge in [-0.3, -0.25) is 14.6 Å². The lowest BCUT2D eigenvalue weighted by atomic mass is 10.0. The Hall–Kier alpha value is -2.89. The molecule has 4 rings (SSSR count). The molecule has 1 N–H and O–H groups in total. The highest BCUT2D eigenvalue weighted by molar-refractivity contribution is 5.81. The van der Waals surface area contributed by atoms with E-state index in [0.717, 1.165) is 35.4 Å². The summed E-state index contributed by atoms with van der Waals surface area (Å²) >= 11 is 0. The second-order valence-corrected chi connectivity index (χ2v) is 7.42. The molecule has 28 heavy (non-hydrogen) atoms. The first-order valence-corrected chi connectivity index (χ1v) is 9.89. The fraction of sp³-hybridized carbons (Fsp3) is 0.409. The van der Waals surface area contributed by atoms with E-state index < -0.39 is 0 Å². The van der Waals surface area contributed by atoms with Crippen molar-refractivity contribution in [2.24, 2.45) is 5.92 Å². The number of hydrogen-bond donors (Lipinski definition) is 1. The topological polar surface area (TPSA) is 71.5 Å². The summed E-state index contributed by atoms with van der Waals surface area (Å²) in [6.07, 6.45) is 4.80. The summed E-state index contributed by atoms with van der Waals surface area (Å²) in [7, 11) is 0. The van der Waals surface area contributed by atoms with Gasteiger partial charge in [-0.15, -0.1) is 0 Å². The molecule has 1 fully saturated rings. The lowest BCUT2D eigenvalue weighted by Crippen LogP contribution is -2.33. The molecule has 0 saturated heterocycles. The molecule has 6 heteroatoms. The number of aromatic nitrogens is 1. The van der Waals surface area contributed by atoms with Crippen molar-refractivity contribution in [3.05, 3.63) is 59.4 Å². The summed E-state index contributed by atoms with van der Waals surface area (Å²) in [6, 6.07) is 11.7. The van der Waals surface area contributed by atoms with Crippen molar-refractivity contribution < 1.29 is 14.3 Å². The first-order chi connectivity index (χ1) is 13.7. The molecule has 6 nitrogen and oxygen atoms in total. The predicted molar refractivity (Wildman–Crippen MR) is 104 cm³/mol. The van der Waals surface area contributed by atoms with Gasteiger partial charge in [0.2, 0.25) is 11.8 Å². The zero-order chi connectivity index (χ0) is 19.3. The Labute approximate surface area is 164 Å². The van der Waals surface area contributed by atoms with Gasteiger partial charge in [-0.25, -0.2) is 0 Å². The molecule has 0 bridgehead atoms. The largest absolute Gasteiger partial charge is 0.491 e. The van der Waals surface area contributed by atoms with Gasteiger partial charge in [0.1, 0.15) is 12.4 Å². The van der Waals surface area contributed by atoms with Crippen LogP contribution in [0.25, 0.3) is 0 Å². The Bertz CT molecular complexity index is 849. The maximum Gasteiger partial charge on any atom is 0.226 e. The van der Waals surface area contributed by atoms with E-state index in [2.05, 4.69) is 16.4 Å². The van der Waals surface area contributed by atoms with E-state index in [1.807, 2.05) is 35.2 Å². The fourth-order valence-electron chi connectivity index (χ4n) is 3.42. The van der Waals surface area contributed by atoms with Gasteiger partial charge in [0.25, 0.3) is 0 Å². The Morgan fingerprint density at radius 1 is 1.21 bits per heavy atom. The van der Waals surface area contributed by atoms with Gasteiger partial charge in [-0.1, -0.05) is 18.2 Å². The van der Waals surface area contributed by atoms with Crippen LogP contribution < -0.4 is 10.1 Å². The van der Waals surface area contributed by atoms with E-state index >= 15 is 0 Å². The third-order valence-corrected chi connectivity index (χ3v) is 5.18. The Kier molecular flexibility index (Phi) is 5.55. The van der Waals surface area contributed by atoms with Crippen molar-refractivity contribution in [2.45, 2.75) is 38.8 Å². The summed E-state index contributed by atoms with van der Waals surface area (Å²) in [6.45, 7) is 2.19. The lowest BCUT2D eigenvalue weighted by molar-refractivity contribution is -0.133. The number of benzene rings is 1. The number of ether oxygens (including phenoxy) is 1. The second-order valence-electron chi connectivity index (χ2n) is 7.42. The molecule has 1 aromatic carbocycles. The van der Waals surface area contributed by atoms with Crippen LogP contribution in [-0.4, -0.2) is 34.8 Å². The van der Waals surface area contributed by atoms with Crippen LogP contribution in [0.5, 0.6) is 5.75 Å². The van der Waals surface area contributed by atoms with Gasteiger partial charge >= 0.3 is 0 Å². The van der Waals surface area contributed by atoms with Crippen LogP contribution >= 0.6 is 0 Å². The van der Waals surface area contributed by atoms with E-state index in [9.17, 15) is 9.59 Å². The molecule has 146 valence electrons. The van der Waals surface area contributed by atoms with Crippen molar-refractivity contribution in [3.8, 4) is 5.75 Å². The number of amides is 2. The normalized spacial score (nSPS) is 15.9. The van der Waals surface area contributed by atoms with Crippen LogP contribution in [0.1, 0.15) is 36.1 Å². The quantitative estimate of drug-likeness (QED) is 0.837.